The summed E-state index contributed by atoms with van der Waals surface area (Å²) < 4.78 is 0. The molecule has 0 spiro atoms. The molecular formula is C7H10N2OS. The van der Waals surface area contributed by atoms with Crippen molar-refractivity contribution in [3.8, 4) is 12.3 Å². The average molecular weight is 170 g/mol. The molecule has 0 aromatic carbocycles. The maximum absolute atomic E-state index is 9.03. The third-order valence-corrected chi connectivity index (χ3v) is 2.08. The van der Waals surface area contributed by atoms with Gasteiger partial charge in [0, 0.05) is 6.54 Å². The van der Waals surface area contributed by atoms with Gasteiger partial charge in [-0.25, -0.2) is 0 Å². The van der Waals surface area contributed by atoms with Gasteiger partial charge in [-0.2, -0.15) is 0 Å². The molecule has 0 saturated carbocycles. The Bertz CT molecular complexity index is 197. The Morgan fingerprint density at radius 2 is 2.73 bits per heavy atom. The fourth-order valence-corrected chi connectivity index (χ4v) is 1.29. The molecule has 1 heterocycles. The first-order valence-corrected chi connectivity index (χ1v) is 4.34. The van der Waals surface area contributed by atoms with Crippen LogP contribution in [-0.4, -0.2) is 35.2 Å². The van der Waals surface area contributed by atoms with Crippen LogP contribution >= 0.6 is 11.8 Å². The van der Waals surface area contributed by atoms with Crippen LogP contribution < -0.4 is 5.32 Å². The first-order valence-electron chi connectivity index (χ1n) is 3.35. The first-order chi connectivity index (χ1) is 5.33. The molecule has 4 heteroatoms. The zero-order chi connectivity index (χ0) is 8.10. The highest BCUT2D eigenvalue weighted by atomic mass is 32.2. The lowest BCUT2D eigenvalue weighted by atomic mass is 10.3. The molecule has 1 aliphatic heterocycles. The van der Waals surface area contributed by atoms with E-state index < -0.39 is 0 Å². The van der Waals surface area contributed by atoms with E-state index in [1.165, 1.54) is 11.8 Å². The van der Waals surface area contributed by atoms with Crippen molar-refractivity contribution < 1.29 is 5.11 Å². The Kier molecular flexibility index (Phi) is 3.27. The Morgan fingerprint density at radius 1 is 1.91 bits per heavy atom. The number of β-amino-alcohol motifs (C(OH)–C–C–N with tert-alkyl or cyclic N) is 1. The van der Waals surface area contributed by atoms with E-state index in [0.717, 1.165) is 5.17 Å². The van der Waals surface area contributed by atoms with Gasteiger partial charge in [0.1, 0.15) is 0 Å². The summed E-state index contributed by atoms with van der Waals surface area (Å²) in [4.78, 5) is 4.07. The summed E-state index contributed by atoms with van der Waals surface area (Å²) in [6, 6.07) is 0. The molecule has 1 rings (SSSR count). The number of nitrogens with one attached hydrogen (secondary N) is 1. The Hall–Kier alpha value is -0.660. The van der Waals surface area contributed by atoms with Gasteiger partial charge in [-0.15, -0.1) is 6.42 Å². The van der Waals surface area contributed by atoms with E-state index in [4.69, 9.17) is 11.5 Å². The van der Waals surface area contributed by atoms with E-state index in [9.17, 15) is 0 Å². The van der Waals surface area contributed by atoms with E-state index in [-0.39, 0.29) is 6.10 Å². The summed E-state index contributed by atoms with van der Waals surface area (Å²) in [5.74, 6) is 3.13. The van der Waals surface area contributed by atoms with Crippen molar-refractivity contribution in [3.63, 3.8) is 0 Å². The molecule has 2 N–H and O–H groups in total. The molecule has 0 aliphatic carbocycles. The fourth-order valence-electron chi connectivity index (χ4n) is 0.721. The molecule has 11 heavy (non-hydrogen) atoms. The molecule has 0 aromatic rings. The number of thioether (sulfide) groups is 1. The lowest BCUT2D eigenvalue weighted by Gasteiger charge is -2.17. The highest BCUT2D eigenvalue weighted by Crippen LogP contribution is 2.04. The standard InChI is InChI=1S/C7H10N2OS/c1-2-3-11-7-8-4-6(10)5-9-7/h1,6,10H,3-5H2,(H,8,9). The predicted octanol–water partition coefficient (Wildman–Crippen LogP) is -0.327. The third-order valence-electron chi connectivity index (χ3n) is 1.23. The maximum atomic E-state index is 9.03. The number of hydrogen-bond acceptors (Lipinski definition) is 4. The van der Waals surface area contributed by atoms with Gasteiger partial charge in [0.15, 0.2) is 5.17 Å². The van der Waals surface area contributed by atoms with E-state index in [1.807, 2.05) is 0 Å². The number of rotatable bonds is 1. The van der Waals surface area contributed by atoms with E-state index >= 15 is 0 Å². The lowest BCUT2D eigenvalue weighted by molar-refractivity contribution is 0.182. The van der Waals surface area contributed by atoms with E-state index in [0.29, 0.717) is 18.8 Å². The van der Waals surface area contributed by atoms with Crippen molar-refractivity contribution >= 4 is 16.9 Å². The molecule has 0 amide bonds. The predicted molar refractivity (Wildman–Crippen MR) is 47.6 cm³/mol. The van der Waals surface area contributed by atoms with Crippen molar-refractivity contribution in [2.45, 2.75) is 6.10 Å². The number of aliphatic hydroxyl groups excluding tert-OH is 1. The molecule has 1 aliphatic rings. The molecule has 0 fully saturated rings. The number of aliphatic hydroxyl groups is 1. The molecule has 60 valence electrons. The number of terminal acetylenes is 1. The summed E-state index contributed by atoms with van der Waals surface area (Å²) in [6.45, 7) is 1.07. The molecule has 1 unspecified atom stereocenters. The average Bonchev–Trinajstić information content (AvgIpc) is 2.04. The van der Waals surface area contributed by atoms with Crippen molar-refractivity contribution in [2.24, 2.45) is 4.99 Å². The zero-order valence-electron chi connectivity index (χ0n) is 6.08. The first kappa shape index (κ1) is 8.44. The topological polar surface area (TPSA) is 44.6 Å². The summed E-state index contributed by atoms with van der Waals surface area (Å²) >= 11 is 1.49. The third kappa shape index (κ3) is 2.83. The van der Waals surface area contributed by atoms with Crippen molar-refractivity contribution in [3.05, 3.63) is 0 Å². The Balaban J connectivity index is 2.31. The Morgan fingerprint density at radius 3 is 3.27 bits per heavy atom. The van der Waals surface area contributed by atoms with Crippen LogP contribution in [0.15, 0.2) is 4.99 Å². The van der Waals surface area contributed by atoms with Crippen LogP contribution in [0.4, 0.5) is 0 Å². The van der Waals surface area contributed by atoms with Crippen LogP contribution in [0, 0.1) is 12.3 Å². The molecule has 0 bridgehead atoms. The van der Waals surface area contributed by atoms with Gasteiger partial charge in [0.2, 0.25) is 0 Å². The summed E-state index contributed by atoms with van der Waals surface area (Å²) in [7, 11) is 0. The van der Waals surface area contributed by atoms with Gasteiger partial charge >= 0.3 is 0 Å². The number of amidine groups is 1. The number of hydrogen-bond donors (Lipinski definition) is 2. The molecular weight excluding hydrogens is 160 g/mol. The minimum Gasteiger partial charge on any atom is -0.389 e. The normalized spacial score (nSPS) is 23.3. The second-order valence-corrected chi connectivity index (χ2v) is 3.14. The van der Waals surface area contributed by atoms with Crippen LogP contribution in [0.25, 0.3) is 0 Å². The highest BCUT2D eigenvalue weighted by molar-refractivity contribution is 8.14. The van der Waals surface area contributed by atoms with Crippen molar-refractivity contribution in [2.75, 3.05) is 18.8 Å². The van der Waals surface area contributed by atoms with Crippen molar-refractivity contribution in [1.29, 1.82) is 0 Å². The second kappa shape index (κ2) is 4.27. The molecule has 0 radical (unpaired) electrons. The number of aliphatic imine (C=N–C) groups is 1. The lowest BCUT2D eigenvalue weighted by Crippen LogP contribution is -2.37. The summed E-state index contributed by atoms with van der Waals surface area (Å²) in [5.41, 5.74) is 0. The zero-order valence-corrected chi connectivity index (χ0v) is 6.90. The van der Waals surface area contributed by atoms with Gasteiger partial charge in [-0.05, 0) is 0 Å². The van der Waals surface area contributed by atoms with Crippen LogP contribution in [0.1, 0.15) is 0 Å². The highest BCUT2D eigenvalue weighted by Gasteiger charge is 2.10. The minimum atomic E-state index is -0.342. The van der Waals surface area contributed by atoms with Gasteiger partial charge < -0.3 is 10.4 Å². The van der Waals surface area contributed by atoms with Gasteiger partial charge in [0.05, 0.1) is 18.4 Å². The van der Waals surface area contributed by atoms with Crippen LogP contribution in [0.2, 0.25) is 0 Å². The minimum absolute atomic E-state index is 0.342. The second-order valence-electron chi connectivity index (χ2n) is 2.17. The fraction of sp³-hybridized carbons (Fsp3) is 0.571. The van der Waals surface area contributed by atoms with Crippen LogP contribution in [-0.2, 0) is 0 Å². The van der Waals surface area contributed by atoms with Gasteiger partial charge in [0.25, 0.3) is 0 Å². The van der Waals surface area contributed by atoms with Crippen molar-refractivity contribution in [1.82, 2.24) is 5.32 Å². The monoisotopic (exact) mass is 170 g/mol. The molecule has 0 saturated heterocycles. The maximum Gasteiger partial charge on any atom is 0.157 e. The summed E-state index contributed by atoms with van der Waals surface area (Å²) in [6.07, 6.45) is 4.73. The quantitative estimate of drug-likeness (QED) is 0.530. The molecule has 3 nitrogen and oxygen atoms in total. The Labute approximate surface area is 70.3 Å². The van der Waals surface area contributed by atoms with E-state index in [1.54, 1.807) is 0 Å². The van der Waals surface area contributed by atoms with E-state index in [2.05, 4.69) is 16.2 Å². The van der Waals surface area contributed by atoms with Crippen LogP contribution in [0.3, 0.4) is 0 Å². The van der Waals surface area contributed by atoms with Gasteiger partial charge in [-0.3, -0.25) is 4.99 Å². The number of nitrogens with zero attached hydrogens (tertiary/aromatic N) is 1. The van der Waals surface area contributed by atoms with Crippen LogP contribution in [0.5, 0.6) is 0 Å². The summed E-state index contributed by atoms with van der Waals surface area (Å²) in [5, 5.41) is 12.8. The molecule has 1 atom stereocenters. The van der Waals surface area contributed by atoms with Gasteiger partial charge in [-0.1, -0.05) is 17.7 Å². The largest absolute Gasteiger partial charge is 0.389 e. The molecule has 0 aromatic heterocycles. The SMILES string of the molecule is C#CCSC1=NCC(O)CN1. The smallest absolute Gasteiger partial charge is 0.157 e.